The Labute approximate surface area is 92.2 Å². The summed E-state index contributed by atoms with van der Waals surface area (Å²) in [6, 6.07) is 0. The first-order valence-electron chi connectivity index (χ1n) is 5.73. The number of aliphatic hydroxyl groups is 1. The van der Waals surface area contributed by atoms with Crippen LogP contribution in [0.2, 0.25) is 0 Å². The predicted octanol–water partition coefficient (Wildman–Crippen LogP) is 1.03. The fraction of sp³-hybridized carbons (Fsp3) is 0.909. The first kappa shape index (κ1) is 14.4. The molecule has 90 valence electrons. The van der Waals surface area contributed by atoms with Crippen molar-refractivity contribution >= 4 is 5.97 Å². The highest BCUT2D eigenvalue weighted by molar-refractivity contribution is 5.69. The van der Waals surface area contributed by atoms with Crippen LogP contribution in [0, 0.1) is 0 Å². The number of aliphatic hydroxyl groups excluding tert-OH is 1. The van der Waals surface area contributed by atoms with E-state index in [2.05, 4.69) is 11.8 Å². The second kappa shape index (κ2) is 9.93. The van der Waals surface area contributed by atoms with Crippen LogP contribution in [0.1, 0.15) is 33.1 Å². The maximum atomic E-state index is 11.1. The van der Waals surface area contributed by atoms with Crippen molar-refractivity contribution in [3.05, 3.63) is 0 Å². The third-order valence-electron chi connectivity index (χ3n) is 2.18. The van der Waals surface area contributed by atoms with Gasteiger partial charge in [0.15, 0.2) is 0 Å². The Morgan fingerprint density at radius 3 is 2.53 bits per heavy atom. The van der Waals surface area contributed by atoms with E-state index in [1.54, 1.807) is 6.92 Å². The zero-order chi connectivity index (χ0) is 11.5. The summed E-state index contributed by atoms with van der Waals surface area (Å²) in [5.41, 5.74) is 0. The minimum atomic E-state index is -0.156. The van der Waals surface area contributed by atoms with Crippen LogP contribution >= 0.6 is 0 Å². The van der Waals surface area contributed by atoms with Crippen LogP contribution in [0.4, 0.5) is 0 Å². The maximum absolute atomic E-state index is 11.1. The van der Waals surface area contributed by atoms with E-state index in [1.807, 2.05) is 0 Å². The lowest BCUT2D eigenvalue weighted by Crippen LogP contribution is -2.30. The molecule has 4 heteroatoms. The van der Waals surface area contributed by atoms with Gasteiger partial charge < -0.3 is 14.7 Å². The Morgan fingerprint density at radius 2 is 2.00 bits per heavy atom. The van der Waals surface area contributed by atoms with Crippen molar-refractivity contribution in [2.24, 2.45) is 0 Å². The quantitative estimate of drug-likeness (QED) is 0.586. The van der Waals surface area contributed by atoms with Crippen LogP contribution in [0.15, 0.2) is 0 Å². The molecule has 0 aromatic carbocycles. The van der Waals surface area contributed by atoms with Gasteiger partial charge in [0.1, 0.15) is 0 Å². The zero-order valence-corrected chi connectivity index (χ0v) is 9.87. The van der Waals surface area contributed by atoms with E-state index in [1.165, 1.54) is 0 Å². The van der Waals surface area contributed by atoms with Gasteiger partial charge in [0, 0.05) is 13.1 Å². The fourth-order valence-electron chi connectivity index (χ4n) is 1.34. The molecule has 0 fully saturated rings. The molecule has 0 saturated heterocycles. The molecule has 0 aliphatic rings. The molecule has 0 spiro atoms. The number of hydrogen-bond donors (Lipinski definition) is 1. The van der Waals surface area contributed by atoms with Crippen LogP contribution in [0.25, 0.3) is 0 Å². The fourth-order valence-corrected chi connectivity index (χ4v) is 1.34. The molecular formula is C11H23NO3. The molecule has 1 N–H and O–H groups in total. The Bertz CT molecular complexity index is 162. The summed E-state index contributed by atoms with van der Waals surface area (Å²) < 4.78 is 4.85. The van der Waals surface area contributed by atoms with Gasteiger partial charge in [0.2, 0.25) is 0 Å². The van der Waals surface area contributed by atoms with Crippen molar-refractivity contribution in [3.63, 3.8) is 0 Å². The van der Waals surface area contributed by atoms with Gasteiger partial charge in [-0.3, -0.25) is 4.79 Å². The van der Waals surface area contributed by atoms with Crippen molar-refractivity contribution in [1.29, 1.82) is 0 Å². The van der Waals surface area contributed by atoms with E-state index in [0.29, 0.717) is 26.1 Å². The van der Waals surface area contributed by atoms with Crippen LogP contribution in [-0.4, -0.2) is 48.8 Å². The van der Waals surface area contributed by atoms with Crippen molar-refractivity contribution in [3.8, 4) is 0 Å². The molecule has 0 atom stereocenters. The molecule has 0 saturated carbocycles. The normalized spacial score (nSPS) is 10.7. The molecule has 4 nitrogen and oxygen atoms in total. The summed E-state index contributed by atoms with van der Waals surface area (Å²) in [4.78, 5) is 13.2. The smallest absolute Gasteiger partial charge is 0.307 e. The molecule has 0 bridgehead atoms. The summed E-state index contributed by atoms with van der Waals surface area (Å²) in [5, 5.41) is 8.85. The van der Waals surface area contributed by atoms with Gasteiger partial charge in [-0.15, -0.1) is 0 Å². The van der Waals surface area contributed by atoms with Gasteiger partial charge in [0.05, 0.1) is 19.6 Å². The minimum absolute atomic E-state index is 0.145. The average molecular weight is 217 g/mol. The number of rotatable bonds is 9. The molecule has 0 unspecified atom stereocenters. The van der Waals surface area contributed by atoms with Crippen molar-refractivity contribution in [1.82, 2.24) is 4.90 Å². The Hall–Kier alpha value is -0.610. The molecule has 15 heavy (non-hydrogen) atoms. The molecule has 0 aliphatic heterocycles. The second-order valence-electron chi connectivity index (χ2n) is 3.47. The number of unbranched alkanes of at least 4 members (excludes halogenated alkanes) is 1. The van der Waals surface area contributed by atoms with Gasteiger partial charge in [-0.05, 0) is 19.9 Å². The van der Waals surface area contributed by atoms with E-state index < -0.39 is 0 Å². The van der Waals surface area contributed by atoms with E-state index in [-0.39, 0.29) is 12.6 Å². The van der Waals surface area contributed by atoms with Crippen LogP contribution in [0.3, 0.4) is 0 Å². The highest BCUT2D eigenvalue weighted by atomic mass is 16.5. The number of carbonyl (C=O) groups is 1. The van der Waals surface area contributed by atoms with Gasteiger partial charge >= 0.3 is 5.97 Å². The topological polar surface area (TPSA) is 49.8 Å². The SMILES string of the molecule is CCCCN(CCO)CCC(=O)OCC. The maximum Gasteiger partial charge on any atom is 0.307 e. The van der Waals surface area contributed by atoms with Crippen molar-refractivity contribution < 1.29 is 14.6 Å². The lowest BCUT2D eigenvalue weighted by molar-refractivity contribution is -0.143. The molecule has 0 heterocycles. The first-order valence-corrected chi connectivity index (χ1v) is 5.73. The first-order chi connectivity index (χ1) is 7.24. The highest BCUT2D eigenvalue weighted by Crippen LogP contribution is 1.97. The summed E-state index contributed by atoms with van der Waals surface area (Å²) >= 11 is 0. The molecular weight excluding hydrogens is 194 g/mol. The monoisotopic (exact) mass is 217 g/mol. The van der Waals surface area contributed by atoms with Gasteiger partial charge in [-0.2, -0.15) is 0 Å². The van der Waals surface area contributed by atoms with E-state index in [0.717, 1.165) is 19.4 Å². The Balaban J connectivity index is 3.68. The third kappa shape index (κ3) is 8.39. The molecule has 0 aliphatic carbocycles. The number of carbonyl (C=O) groups excluding carboxylic acids is 1. The lowest BCUT2D eigenvalue weighted by Gasteiger charge is -2.20. The zero-order valence-electron chi connectivity index (χ0n) is 9.87. The van der Waals surface area contributed by atoms with E-state index in [9.17, 15) is 4.79 Å². The van der Waals surface area contributed by atoms with E-state index in [4.69, 9.17) is 9.84 Å². The Kier molecular flexibility index (Phi) is 9.52. The third-order valence-corrected chi connectivity index (χ3v) is 2.18. The van der Waals surface area contributed by atoms with Gasteiger partial charge in [0.25, 0.3) is 0 Å². The number of nitrogens with zero attached hydrogens (tertiary/aromatic N) is 1. The predicted molar refractivity (Wildman–Crippen MR) is 59.7 cm³/mol. The summed E-state index contributed by atoms with van der Waals surface area (Å²) in [6.07, 6.45) is 2.64. The van der Waals surface area contributed by atoms with Crippen molar-refractivity contribution in [2.45, 2.75) is 33.1 Å². The Morgan fingerprint density at radius 1 is 1.27 bits per heavy atom. The van der Waals surface area contributed by atoms with Crippen LogP contribution in [-0.2, 0) is 9.53 Å². The molecule has 0 radical (unpaired) electrons. The average Bonchev–Trinajstić information content (AvgIpc) is 2.22. The highest BCUT2D eigenvalue weighted by Gasteiger charge is 2.07. The lowest BCUT2D eigenvalue weighted by atomic mass is 10.3. The van der Waals surface area contributed by atoms with Gasteiger partial charge in [-0.25, -0.2) is 0 Å². The molecule has 0 rings (SSSR count). The largest absolute Gasteiger partial charge is 0.466 e. The van der Waals surface area contributed by atoms with E-state index >= 15 is 0 Å². The number of hydrogen-bond acceptors (Lipinski definition) is 4. The minimum Gasteiger partial charge on any atom is -0.466 e. The van der Waals surface area contributed by atoms with Crippen LogP contribution < -0.4 is 0 Å². The molecule has 0 aromatic heterocycles. The number of esters is 1. The summed E-state index contributed by atoms with van der Waals surface area (Å²) in [7, 11) is 0. The number of ether oxygens (including phenoxy) is 1. The standard InChI is InChI=1S/C11H23NO3/c1-3-5-7-12(9-10-13)8-6-11(14)15-4-2/h13H,3-10H2,1-2H3. The van der Waals surface area contributed by atoms with Crippen molar-refractivity contribution in [2.75, 3.05) is 32.8 Å². The summed E-state index contributed by atoms with van der Waals surface area (Å²) in [5.74, 6) is -0.156. The second-order valence-corrected chi connectivity index (χ2v) is 3.47. The molecule has 0 amide bonds. The summed E-state index contributed by atoms with van der Waals surface area (Å²) in [6.45, 7) is 6.78. The molecule has 0 aromatic rings. The van der Waals surface area contributed by atoms with Gasteiger partial charge in [-0.1, -0.05) is 13.3 Å². The van der Waals surface area contributed by atoms with Crippen LogP contribution in [0.5, 0.6) is 0 Å².